The van der Waals surface area contributed by atoms with Gasteiger partial charge in [0.2, 0.25) is 0 Å². The average molecular weight is 322 g/mol. The molecule has 39 valence electrons. The molecule has 0 aliphatic rings. The summed E-state index contributed by atoms with van der Waals surface area (Å²) in [4.78, 5) is 0. The summed E-state index contributed by atoms with van der Waals surface area (Å²) < 4.78 is 0. The van der Waals surface area contributed by atoms with Crippen molar-refractivity contribution in [2.24, 2.45) is 0 Å². The van der Waals surface area contributed by atoms with Crippen LogP contribution in [0.4, 0.5) is 0 Å². The fraction of sp³-hybridized carbons (Fsp3) is 0. The third-order valence-electron chi connectivity index (χ3n) is 0. The van der Waals surface area contributed by atoms with E-state index < -0.39 is 0 Å². The minimum absolute atomic E-state index is 0. The standard InChI is InChI=1S/Bi.Ni.3H2O/h;;3*1H2. The third-order valence-corrected chi connectivity index (χ3v) is 0. The van der Waals surface area contributed by atoms with Crippen LogP contribution in [0.15, 0.2) is 0 Å². The first-order valence-electron chi connectivity index (χ1n) is 0. The van der Waals surface area contributed by atoms with Gasteiger partial charge >= 0.3 is 0 Å². The summed E-state index contributed by atoms with van der Waals surface area (Å²) >= 11 is 0. The molecule has 0 aromatic rings. The van der Waals surface area contributed by atoms with Gasteiger partial charge in [0.15, 0.2) is 0 Å². The Labute approximate surface area is 59.1 Å². The second kappa shape index (κ2) is 60.3. The van der Waals surface area contributed by atoms with Gasteiger partial charge in [-0.2, -0.15) is 0 Å². The van der Waals surface area contributed by atoms with Gasteiger partial charge in [0, 0.05) is 42.7 Å². The molecular formula is H6BiNiO3. The fourth-order valence-electron chi connectivity index (χ4n) is 0. The molecule has 0 aliphatic carbocycles. The molecule has 0 amide bonds. The maximum atomic E-state index is 0. The Bertz CT molecular complexity index is 6.85. The molecule has 3 nitrogen and oxygen atoms in total. The van der Waals surface area contributed by atoms with Crippen LogP contribution in [-0.4, -0.2) is 42.6 Å². The van der Waals surface area contributed by atoms with Crippen LogP contribution in [0.3, 0.4) is 0 Å². The van der Waals surface area contributed by atoms with Gasteiger partial charge in [-0.1, -0.05) is 0 Å². The number of hydrogen-bond donors (Lipinski definition) is 0. The molecular weight excluding hydrogens is 316 g/mol. The van der Waals surface area contributed by atoms with Crippen LogP contribution in [0.2, 0.25) is 0 Å². The van der Waals surface area contributed by atoms with E-state index in [1.54, 1.807) is 0 Å². The molecule has 0 heterocycles. The monoisotopic (exact) mass is 321 g/mol. The van der Waals surface area contributed by atoms with Gasteiger partial charge < -0.3 is 16.4 Å². The third kappa shape index (κ3) is 35.3. The van der Waals surface area contributed by atoms with E-state index in [0.717, 1.165) is 0 Å². The summed E-state index contributed by atoms with van der Waals surface area (Å²) in [5, 5.41) is 0. The maximum Gasteiger partial charge on any atom is 0 e. The first-order valence-corrected chi connectivity index (χ1v) is 0. The van der Waals surface area contributed by atoms with E-state index in [1.807, 2.05) is 0 Å². The van der Waals surface area contributed by atoms with Crippen LogP contribution < -0.4 is 0 Å². The molecule has 0 bridgehead atoms. The Morgan fingerprint density at radius 1 is 0.600 bits per heavy atom. The molecule has 6 N–H and O–H groups in total. The van der Waals surface area contributed by atoms with Crippen LogP contribution in [0.1, 0.15) is 0 Å². The zero-order chi connectivity index (χ0) is 0. The molecule has 0 fully saturated rings. The quantitative estimate of drug-likeness (QED) is 0.429. The average Bonchev–Trinajstić information content (AvgIpc) is 0. The minimum Gasteiger partial charge on any atom is -0.412 e. The maximum absolute atomic E-state index is 0. The van der Waals surface area contributed by atoms with E-state index in [9.17, 15) is 0 Å². The minimum atomic E-state index is 0. The normalized spacial score (nSPS) is 0. The summed E-state index contributed by atoms with van der Waals surface area (Å²) in [5.41, 5.74) is 0. The van der Waals surface area contributed by atoms with E-state index >= 15 is 0 Å². The summed E-state index contributed by atoms with van der Waals surface area (Å²) in [6.45, 7) is 0. The Kier molecular flexibility index (Phi) is 1320. The van der Waals surface area contributed by atoms with Gasteiger partial charge in [-0.25, -0.2) is 0 Å². The van der Waals surface area contributed by atoms with Crippen LogP contribution in [0.5, 0.6) is 0 Å². The molecule has 0 atom stereocenters. The summed E-state index contributed by atoms with van der Waals surface area (Å²) in [6, 6.07) is 0. The van der Waals surface area contributed by atoms with Gasteiger partial charge in [0.1, 0.15) is 0 Å². The van der Waals surface area contributed by atoms with Gasteiger partial charge in [0.05, 0.1) is 0 Å². The van der Waals surface area contributed by atoms with Crippen molar-refractivity contribution in [1.29, 1.82) is 0 Å². The van der Waals surface area contributed by atoms with Crippen molar-refractivity contribution >= 4 is 26.2 Å². The molecule has 0 unspecified atom stereocenters. The molecule has 5 heavy (non-hydrogen) atoms. The number of hydrogen-bond acceptors (Lipinski definition) is 0. The van der Waals surface area contributed by atoms with Crippen LogP contribution >= 0.6 is 0 Å². The predicted octanol–water partition coefficient (Wildman–Crippen LogP) is -2.86. The second-order valence-electron chi connectivity index (χ2n) is 0. The Hall–Kier alpha value is 1.26. The second-order valence-corrected chi connectivity index (χ2v) is 0. The van der Waals surface area contributed by atoms with Crippen molar-refractivity contribution in [1.82, 2.24) is 0 Å². The topological polar surface area (TPSA) is 94.5 Å². The van der Waals surface area contributed by atoms with E-state index in [-0.39, 0.29) is 59.1 Å². The zero-order valence-electron chi connectivity index (χ0n) is 2.26. The van der Waals surface area contributed by atoms with Crippen molar-refractivity contribution in [3.05, 3.63) is 0 Å². The molecule has 0 aromatic carbocycles. The Morgan fingerprint density at radius 2 is 0.600 bits per heavy atom. The van der Waals surface area contributed by atoms with Gasteiger partial charge in [-0.3, -0.25) is 0 Å². The van der Waals surface area contributed by atoms with Gasteiger partial charge in [0.25, 0.3) is 0 Å². The summed E-state index contributed by atoms with van der Waals surface area (Å²) in [6.07, 6.45) is 0. The fourth-order valence-corrected chi connectivity index (χ4v) is 0. The summed E-state index contributed by atoms with van der Waals surface area (Å²) in [5.74, 6) is 0. The van der Waals surface area contributed by atoms with Crippen molar-refractivity contribution in [2.75, 3.05) is 0 Å². The zero-order valence-corrected chi connectivity index (χ0v) is 6.73. The van der Waals surface area contributed by atoms with Crippen LogP contribution in [-0.2, 0) is 16.5 Å². The molecule has 3 radical (unpaired) electrons. The van der Waals surface area contributed by atoms with Crippen molar-refractivity contribution in [3.63, 3.8) is 0 Å². The Morgan fingerprint density at radius 3 is 0.600 bits per heavy atom. The van der Waals surface area contributed by atoms with E-state index in [0.29, 0.717) is 0 Å². The molecule has 0 aromatic heterocycles. The molecule has 0 saturated carbocycles. The van der Waals surface area contributed by atoms with E-state index in [2.05, 4.69) is 0 Å². The van der Waals surface area contributed by atoms with Crippen molar-refractivity contribution in [2.45, 2.75) is 0 Å². The number of rotatable bonds is 0. The van der Waals surface area contributed by atoms with Crippen molar-refractivity contribution < 1.29 is 32.9 Å². The van der Waals surface area contributed by atoms with Crippen LogP contribution in [0.25, 0.3) is 0 Å². The Balaban J connectivity index is 0. The van der Waals surface area contributed by atoms with Gasteiger partial charge in [-0.05, 0) is 0 Å². The van der Waals surface area contributed by atoms with Crippen molar-refractivity contribution in [3.8, 4) is 0 Å². The molecule has 0 saturated heterocycles. The molecule has 0 spiro atoms. The van der Waals surface area contributed by atoms with E-state index in [1.165, 1.54) is 0 Å². The SMILES string of the molecule is O.O.O.[Bi].[Ni]. The molecule has 5 heteroatoms. The predicted molar refractivity (Wildman–Crippen MR) is 16.6 cm³/mol. The first-order chi connectivity index (χ1) is 0. The van der Waals surface area contributed by atoms with Gasteiger partial charge in [-0.15, -0.1) is 0 Å². The smallest absolute Gasteiger partial charge is 0 e. The summed E-state index contributed by atoms with van der Waals surface area (Å²) in [7, 11) is 0. The molecule has 0 aliphatic heterocycles. The first kappa shape index (κ1) is 109. The molecule has 0 rings (SSSR count). The van der Waals surface area contributed by atoms with Crippen LogP contribution in [0, 0.1) is 0 Å². The van der Waals surface area contributed by atoms with E-state index in [4.69, 9.17) is 0 Å². The largest absolute Gasteiger partial charge is 0.412 e.